The van der Waals surface area contributed by atoms with Gasteiger partial charge in [-0.3, -0.25) is 24.0 Å². The van der Waals surface area contributed by atoms with E-state index < -0.39 is 59.8 Å². The van der Waals surface area contributed by atoms with Gasteiger partial charge in [-0.15, -0.1) is 0 Å². The molecule has 13 nitrogen and oxygen atoms in total. The fourth-order valence-corrected chi connectivity index (χ4v) is 6.10. The molecular formula is C45H45F3N6O7. The number of carbonyl (C=O) groups is 6. The predicted molar refractivity (Wildman–Crippen MR) is 225 cm³/mol. The number of hydrogen-bond donors (Lipinski definition) is 7. The average Bonchev–Trinajstić information content (AvgIpc) is 3.22. The molecular weight excluding hydrogens is 794 g/mol. The van der Waals surface area contributed by atoms with E-state index in [1.54, 1.807) is 87.5 Å². The first-order chi connectivity index (χ1) is 28.9. The van der Waals surface area contributed by atoms with Crippen molar-refractivity contribution >= 4 is 46.9 Å². The number of carboxylic acid groups (broad SMARTS) is 1. The number of nitrogens with one attached hydrogen (secondary N) is 4. The van der Waals surface area contributed by atoms with E-state index in [-0.39, 0.29) is 23.5 Å². The number of carbonyl (C=O) groups excluding carboxylic acids is 5. The third-order valence-corrected chi connectivity index (χ3v) is 9.23. The van der Waals surface area contributed by atoms with Crippen molar-refractivity contribution < 1.29 is 47.0 Å². The van der Waals surface area contributed by atoms with Crippen LogP contribution in [0.2, 0.25) is 0 Å². The van der Waals surface area contributed by atoms with Gasteiger partial charge in [-0.25, -0.2) is 4.79 Å². The van der Waals surface area contributed by atoms with Crippen LogP contribution in [0.4, 0.5) is 24.5 Å². The summed E-state index contributed by atoms with van der Waals surface area (Å²) in [7, 11) is 0. The van der Waals surface area contributed by atoms with E-state index in [0.29, 0.717) is 22.5 Å². The van der Waals surface area contributed by atoms with Crippen LogP contribution in [0.25, 0.3) is 22.3 Å². The van der Waals surface area contributed by atoms with Crippen LogP contribution in [0.15, 0.2) is 127 Å². The molecule has 0 fully saturated rings. The van der Waals surface area contributed by atoms with Gasteiger partial charge in [0.15, 0.2) is 0 Å². The summed E-state index contributed by atoms with van der Waals surface area (Å²) >= 11 is 0. The molecule has 5 aromatic rings. The van der Waals surface area contributed by atoms with Gasteiger partial charge in [0.05, 0.1) is 0 Å². The molecule has 3 atom stereocenters. The predicted octanol–water partition coefficient (Wildman–Crippen LogP) is 5.96. The van der Waals surface area contributed by atoms with Crippen LogP contribution in [0.5, 0.6) is 0 Å². The monoisotopic (exact) mass is 838 g/mol. The summed E-state index contributed by atoms with van der Waals surface area (Å²) in [6, 6.07) is 34.3. The molecule has 318 valence electrons. The number of hydrogen-bond acceptors (Lipinski definition) is 7. The number of nitrogens with two attached hydrogens (primary N) is 2. The molecule has 0 spiro atoms. The van der Waals surface area contributed by atoms with Crippen molar-refractivity contribution in [2.45, 2.75) is 51.5 Å². The maximum absolute atomic E-state index is 14.0. The smallest absolute Gasteiger partial charge is 0.475 e. The molecule has 5 aromatic carbocycles. The van der Waals surface area contributed by atoms with Crippen molar-refractivity contribution in [1.29, 1.82) is 0 Å². The van der Waals surface area contributed by atoms with Crippen LogP contribution in [-0.4, -0.2) is 64.9 Å². The van der Waals surface area contributed by atoms with E-state index in [0.717, 1.165) is 16.7 Å². The van der Waals surface area contributed by atoms with E-state index in [1.165, 1.54) is 0 Å². The van der Waals surface area contributed by atoms with Crippen LogP contribution < -0.4 is 32.7 Å². The number of para-hydroxylation sites is 2. The summed E-state index contributed by atoms with van der Waals surface area (Å²) in [5, 5.41) is 18.4. The molecule has 0 radical (unpaired) electrons. The topological polar surface area (TPSA) is 223 Å². The minimum Gasteiger partial charge on any atom is -0.475 e. The van der Waals surface area contributed by atoms with Crippen molar-refractivity contribution in [3.8, 4) is 22.3 Å². The number of anilines is 2. The number of primary amides is 1. The van der Waals surface area contributed by atoms with E-state index in [2.05, 4.69) is 21.3 Å². The first-order valence-electron chi connectivity index (χ1n) is 18.9. The maximum Gasteiger partial charge on any atom is 0.490 e. The number of aliphatic carboxylic acids is 1. The third kappa shape index (κ3) is 12.7. The van der Waals surface area contributed by atoms with Crippen LogP contribution in [0.1, 0.15) is 47.1 Å². The number of benzene rings is 5. The Balaban J connectivity index is 0.00000107. The first-order valence-corrected chi connectivity index (χ1v) is 18.9. The largest absolute Gasteiger partial charge is 0.490 e. The summed E-state index contributed by atoms with van der Waals surface area (Å²) in [5.74, 6) is -5.82. The Bertz CT molecular complexity index is 2370. The normalized spacial score (nSPS) is 12.4. The molecule has 0 unspecified atom stereocenters. The molecule has 16 heteroatoms. The van der Waals surface area contributed by atoms with E-state index in [4.69, 9.17) is 21.4 Å². The summed E-state index contributed by atoms with van der Waals surface area (Å²) in [5.41, 5.74) is 16.5. The number of halogens is 3. The van der Waals surface area contributed by atoms with Crippen LogP contribution in [-0.2, 0) is 25.6 Å². The Morgan fingerprint density at radius 2 is 1.07 bits per heavy atom. The lowest BCUT2D eigenvalue weighted by molar-refractivity contribution is -0.192. The fourth-order valence-electron chi connectivity index (χ4n) is 6.10. The highest BCUT2D eigenvalue weighted by Gasteiger charge is 2.38. The zero-order valence-electron chi connectivity index (χ0n) is 33.3. The van der Waals surface area contributed by atoms with Gasteiger partial charge < -0.3 is 37.8 Å². The second-order valence-electron chi connectivity index (χ2n) is 14.1. The first kappa shape index (κ1) is 46.2. The van der Waals surface area contributed by atoms with Gasteiger partial charge in [0.25, 0.3) is 11.8 Å². The number of alkyl halides is 3. The van der Waals surface area contributed by atoms with Gasteiger partial charge in [-0.2, -0.15) is 13.2 Å². The molecule has 0 heterocycles. The molecule has 0 aliphatic carbocycles. The van der Waals surface area contributed by atoms with E-state index >= 15 is 0 Å². The highest BCUT2D eigenvalue weighted by molar-refractivity contribution is 6.09. The van der Waals surface area contributed by atoms with E-state index in [1.807, 2.05) is 60.7 Å². The SMILES string of the molecule is CC(C)[C@H](NC(=O)[C@H](Cc1ccccc1)NC(=O)c1ccccc1-c1ccccc1C(=O)N[C@@H](C)C(=O)Nc1ccccc1-c1ccccc1N)C(N)=O.O=C(O)C(F)(F)F. The zero-order chi connectivity index (χ0) is 44.9. The Morgan fingerprint density at radius 3 is 1.57 bits per heavy atom. The molecule has 5 rings (SSSR count). The number of rotatable bonds is 14. The van der Waals surface area contributed by atoms with Crippen LogP contribution in [0, 0.1) is 5.92 Å². The Labute approximate surface area is 349 Å². The van der Waals surface area contributed by atoms with Crippen LogP contribution in [0.3, 0.4) is 0 Å². The second kappa shape index (κ2) is 21.0. The quantitative estimate of drug-likeness (QED) is 0.0660. The number of nitrogen functional groups attached to an aromatic ring is 1. The molecule has 5 amide bonds. The molecule has 0 bridgehead atoms. The van der Waals surface area contributed by atoms with Gasteiger partial charge >= 0.3 is 12.1 Å². The van der Waals surface area contributed by atoms with Gasteiger partial charge in [0.1, 0.15) is 18.1 Å². The third-order valence-electron chi connectivity index (χ3n) is 9.23. The van der Waals surface area contributed by atoms with Gasteiger partial charge in [-0.1, -0.05) is 117 Å². The summed E-state index contributed by atoms with van der Waals surface area (Å²) in [6.07, 6.45) is -4.94. The Kier molecular flexibility index (Phi) is 15.9. The standard InChI is InChI=1S/C43H44N6O5.C2HF3O2/c1-26(2)38(39(45)50)49-43(54)37(25-28-15-5-4-6-16-28)48-42(53)34-22-10-8-18-30(34)29-17-7-9-21-33(29)41(52)46-27(3)40(51)47-36-24-14-12-20-32(36)31-19-11-13-23-35(31)44;3-2(4,5)1(6)7/h4-24,26-27,37-38H,25,44H2,1-3H3,(H2,45,50)(H,46,52)(H,47,51)(H,48,53)(H,49,54);(H,6,7)/t27-,37-,38-;/m0./s1. The molecule has 9 N–H and O–H groups in total. The summed E-state index contributed by atoms with van der Waals surface area (Å²) in [4.78, 5) is 75.8. The lowest BCUT2D eigenvalue weighted by atomic mass is 9.94. The number of amides is 5. The highest BCUT2D eigenvalue weighted by atomic mass is 19.4. The highest BCUT2D eigenvalue weighted by Crippen LogP contribution is 2.32. The fraction of sp³-hybridized carbons (Fsp3) is 0.200. The van der Waals surface area contributed by atoms with Crippen molar-refractivity contribution in [3.63, 3.8) is 0 Å². The maximum atomic E-state index is 14.0. The van der Waals surface area contributed by atoms with Gasteiger partial charge in [-0.05, 0) is 53.8 Å². The molecule has 0 aromatic heterocycles. The summed E-state index contributed by atoms with van der Waals surface area (Å²) < 4.78 is 31.7. The van der Waals surface area contributed by atoms with Crippen LogP contribution >= 0.6 is 0 Å². The van der Waals surface area contributed by atoms with Crippen molar-refractivity contribution in [2.24, 2.45) is 11.7 Å². The molecule has 61 heavy (non-hydrogen) atoms. The van der Waals surface area contributed by atoms with Crippen molar-refractivity contribution in [2.75, 3.05) is 11.1 Å². The molecule has 0 saturated carbocycles. The lowest BCUT2D eigenvalue weighted by Gasteiger charge is -2.24. The van der Waals surface area contributed by atoms with E-state index in [9.17, 15) is 37.1 Å². The number of carboxylic acids is 1. The lowest BCUT2D eigenvalue weighted by Crippen LogP contribution is -2.55. The Morgan fingerprint density at radius 1 is 0.607 bits per heavy atom. The van der Waals surface area contributed by atoms with Crippen molar-refractivity contribution in [1.82, 2.24) is 16.0 Å². The minimum absolute atomic E-state index is 0.145. The average molecular weight is 839 g/mol. The van der Waals surface area contributed by atoms with Gasteiger partial charge in [0.2, 0.25) is 17.7 Å². The van der Waals surface area contributed by atoms with Crippen molar-refractivity contribution in [3.05, 3.63) is 144 Å². The van der Waals surface area contributed by atoms with Gasteiger partial charge in [0, 0.05) is 40.0 Å². The zero-order valence-corrected chi connectivity index (χ0v) is 33.3. The Hall–Kier alpha value is -7.49. The minimum atomic E-state index is -5.08. The molecule has 0 aliphatic rings. The molecule has 0 saturated heterocycles. The molecule has 0 aliphatic heterocycles. The second-order valence-corrected chi connectivity index (χ2v) is 14.1. The summed E-state index contributed by atoms with van der Waals surface area (Å²) in [6.45, 7) is 5.11.